The lowest BCUT2D eigenvalue weighted by molar-refractivity contribution is -0.274. The van der Waals surface area contributed by atoms with Gasteiger partial charge in [0.15, 0.2) is 5.82 Å². The minimum Gasteiger partial charge on any atom is -0.406 e. The molecule has 0 saturated carbocycles. The summed E-state index contributed by atoms with van der Waals surface area (Å²) < 4.78 is 65.5. The lowest BCUT2D eigenvalue weighted by Gasteiger charge is -2.14. The highest BCUT2D eigenvalue weighted by Crippen LogP contribution is 2.24. The topological polar surface area (TPSA) is 87.2 Å². The smallest absolute Gasteiger partial charge is 0.406 e. The fraction of sp³-hybridized carbons (Fsp3) is 0.222. The van der Waals surface area contributed by atoms with E-state index in [1.54, 1.807) is 0 Å². The Bertz CT molecular complexity index is 1000. The van der Waals surface area contributed by atoms with Gasteiger partial charge in [0, 0.05) is 12.1 Å². The van der Waals surface area contributed by atoms with Gasteiger partial charge in [0.2, 0.25) is 0 Å². The van der Waals surface area contributed by atoms with E-state index in [-0.39, 0.29) is 28.7 Å². The van der Waals surface area contributed by atoms with Gasteiger partial charge in [-0.3, -0.25) is 4.79 Å². The maximum atomic E-state index is 12.7. The molecule has 0 bridgehead atoms. The number of halogens is 5. The minimum atomic E-state index is -4.82. The summed E-state index contributed by atoms with van der Waals surface area (Å²) in [7, 11) is 0. The van der Waals surface area contributed by atoms with Crippen molar-refractivity contribution in [2.75, 3.05) is 6.54 Å². The number of aliphatic hydroxyl groups excluding tert-OH is 1. The van der Waals surface area contributed by atoms with Gasteiger partial charge in [0.25, 0.3) is 12.3 Å². The summed E-state index contributed by atoms with van der Waals surface area (Å²) in [4.78, 5) is 18.3. The SMILES string of the molecule is O=C(NCC(O)c1ccc(OC(F)(F)F)cc1)c1ccc2nc(C(F)F)[nH]c2c1. The Labute approximate surface area is 160 Å². The Morgan fingerprint density at radius 2 is 1.86 bits per heavy atom. The van der Waals surface area contributed by atoms with Gasteiger partial charge >= 0.3 is 6.36 Å². The number of aliphatic hydroxyl groups is 1. The number of alkyl halides is 5. The number of nitrogens with zero attached hydrogens (tertiary/aromatic N) is 1. The molecule has 3 N–H and O–H groups in total. The van der Waals surface area contributed by atoms with E-state index in [9.17, 15) is 31.9 Å². The second-order valence-electron chi connectivity index (χ2n) is 6.00. The van der Waals surface area contributed by atoms with Gasteiger partial charge in [-0.05, 0) is 35.9 Å². The monoisotopic (exact) mass is 415 g/mol. The van der Waals surface area contributed by atoms with E-state index >= 15 is 0 Å². The molecule has 0 radical (unpaired) electrons. The summed E-state index contributed by atoms with van der Waals surface area (Å²) in [5, 5.41) is 12.6. The van der Waals surface area contributed by atoms with Crippen molar-refractivity contribution in [1.82, 2.24) is 15.3 Å². The molecule has 154 valence electrons. The third-order valence-electron chi connectivity index (χ3n) is 3.92. The molecule has 0 fully saturated rings. The zero-order chi connectivity index (χ0) is 21.2. The van der Waals surface area contributed by atoms with Crippen LogP contribution in [-0.2, 0) is 0 Å². The highest BCUT2D eigenvalue weighted by molar-refractivity contribution is 5.97. The van der Waals surface area contributed by atoms with Gasteiger partial charge in [-0.1, -0.05) is 12.1 Å². The van der Waals surface area contributed by atoms with Crippen molar-refractivity contribution in [1.29, 1.82) is 0 Å². The number of aromatic amines is 1. The molecule has 0 aliphatic carbocycles. The number of fused-ring (bicyclic) bond motifs is 1. The van der Waals surface area contributed by atoms with Crippen LogP contribution < -0.4 is 10.1 Å². The van der Waals surface area contributed by atoms with Crippen LogP contribution in [0.4, 0.5) is 22.0 Å². The molecular weight excluding hydrogens is 401 g/mol. The van der Waals surface area contributed by atoms with E-state index in [4.69, 9.17) is 0 Å². The van der Waals surface area contributed by atoms with Crippen LogP contribution in [0.3, 0.4) is 0 Å². The van der Waals surface area contributed by atoms with Crippen molar-refractivity contribution < 1.29 is 36.6 Å². The summed E-state index contributed by atoms with van der Waals surface area (Å²) >= 11 is 0. The first kappa shape index (κ1) is 20.5. The zero-order valence-corrected chi connectivity index (χ0v) is 14.5. The van der Waals surface area contributed by atoms with Crippen molar-refractivity contribution in [3.05, 3.63) is 59.4 Å². The van der Waals surface area contributed by atoms with Gasteiger partial charge in [-0.15, -0.1) is 13.2 Å². The number of imidazole rings is 1. The zero-order valence-electron chi connectivity index (χ0n) is 14.5. The number of H-pyrrole nitrogens is 1. The van der Waals surface area contributed by atoms with Gasteiger partial charge in [-0.25, -0.2) is 13.8 Å². The molecule has 1 unspecified atom stereocenters. The number of amides is 1. The molecule has 2 aromatic carbocycles. The van der Waals surface area contributed by atoms with Crippen molar-refractivity contribution >= 4 is 16.9 Å². The van der Waals surface area contributed by atoms with Gasteiger partial charge in [0.05, 0.1) is 17.1 Å². The molecule has 3 rings (SSSR count). The highest BCUT2D eigenvalue weighted by atomic mass is 19.4. The molecule has 0 aliphatic rings. The molecule has 0 saturated heterocycles. The number of rotatable bonds is 6. The van der Waals surface area contributed by atoms with Crippen LogP contribution in [0.5, 0.6) is 5.75 Å². The molecule has 3 aromatic rings. The van der Waals surface area contributed by atoms with Crippen molar-refractivity contribution in [2.24, 2.45) is 0 Å². The van der Waals surface area contributed by atoms with Crippen LogP contribution in [-0.4, -0.2) is 33.9 Å². The first-order valence-electron chi connectivity index (χ1n) is 8.22. The van der Waals surface area contributed by atoms with E-state index in [2.05, 4.69) is 20.0 Å². The van der Waals surface area contributed by atoms with E-state index in [0.29, 0.717) is 0 Å². The second-order valence-corrected chi connectivity index (χ2v) is 6.00. The fourth-order valence-corrected chi connectivity index (χ4v) is 2.57. The van der Waals surface area contributed by atoms with Gasteiger partial charge < -0.3 is 20.1 Å². The molecule has 11 heteroatoms. The molecule has 1 aromatic heterocycles. The predicted molar refractivity (Wildman–Crippen MR) is 91.5 cm³/mol. The molecule has 1 heterocycles. The van der Waals surface area contributed by atoms with E-state index in [0.717, 1.165) is 12.1 Å². The number of carbonyl (C=O) groups excluding carboxylic acids is 1. The van der Waals surface area contributed by atoms with Crippen molar-refractivity contribution in [2.45, 2.75) is 18.9 Å². The number of carbonyl (C=O) groups is 1. The maximum Gasteiger partial charge on any atom is 0.573 e. The van der Waals surface area contributed by atoms with E-state index < -0.39 is 36.4 Å². The van der Waals surface area contributed by atoms with Crippen LogP contribution in [0.15, 0.2) is 42.5 Å². The lowest BCUT2D eigenvalue weighted by Crippen LogP contribution is -2.28. The predicted octanol–water partition coefficient (Wildman–Crippen LogP) is 3.86. The standard InChI is InChI=1S/C18H14F5N3O3/c19-15(20)16-25-12-6-3-10(7-13(12)26-16)17(28)24-8-14(27)9-1-4-11(5-2-9)29-18(21,22)23/h1-7,14-15,27H,8H2,(H,24,28)(H,25,26). The number of hydrogen-bond donors (Lipinski definition) is 3. The quantitative estimate of drug-likeness (QED) is 0.534. The summed E-state index contributed by atoms with van der Waals surface area (Å²) in [6, 6.07) is 8.70. The second kappa shape index (κ2) is 8.03. The number of aromatic nitrogens is 2. The molecule has 0 spiro atoms. The molecule has 0 aliphatic heterocycles. The maximum absolute atomic E-state index is 12.7. The summed E-state index contributed by atoms with van der Waals surface area (Å²) in [5.74, 6) is -1.52. The number of hydrogen-bond acceptors (Lipinski definition) is 4. The lowest BCUT2D eigenvalue weighted by atomic mass is 10.1. The Morgan fingerprint density at radius 1 is 1.17 bits per heavy atom. The average Bonchev–Trinajstić information content (AvgIpc) is 3.09. The third-order valence-corrected chi connectivity index (χ3v) is 3.92. The van der Waals surface area contributed by atoms with E-state index in [1.807, 2.05) is 0 Å². The number of benzene rings is 2. The number of nitrogens with one attached hydrogen (secondary N) is 2. The van der Waals surface area contributed by atoms with Crippen LogP contribution in [0, 0.1) is 0 Å². The Hall–Kier alpha value is -3.21. The van der Waals surface area contributed by atoms with Crippen LogP contribution in [0.1, 0.15) is 34.3 Å². The fourth-order valence-electron chi connectivity index (χ4n) is 2.57. The van der Waals surface area contributed by atoms with Crippen LogP contribution in [0.2, 0.25) is 0 Å². The van der Waals surface area contributed by atoms with Gasteiger partial charge in [0.1, 0.15) is 5.75 Å². The summed E-state index contributed by atoms with van der Waals surface area (Å²) in [6.45, 7) is -0.221. The molecular formula is C18H14F5N3O3. The molecule has 1 atom stereocenters. The molecule has 1 amide bonds. The number of ether oxygens (including phenoxy) is 1. The van der Waals surface area contributed by atoms with Crippen LogP contribution >= 0.6 is 0 Å². The van der Waals surface area contributed by atoms with E-state index in [1.165, 1.54) is 30.3 Å². The Morgan fingerprint density at radius 3 is 2.48 bits per heavy atom. The average molecular weight is 415 g/mol. The normalized spacial score (nSPS) is 12.9. The first-order chi connectivity index (χ1) is 13.6. The minimum absolute atomic E-state index is 0.156. The molecule has 6 nitrogen and oxygen atoms in total. The van der Waals surface area contributed by atoms with Crippen LogP contribution in [0.25, 0.3) is 11.0 Å². The Balaban J connectivity index is 1.61. The first-order valence-corrected chi connectivity index (χ1v) is 8.22. The summed E-state index contributed by atoms with van der Waals surface area (Å²) in [5.41, 5.74) is 0.959. The largest absolute Gasteiger partial charge is 0.573 e. The third kappa shape index (κ3) is 5.19. The summed E-state index contributed by atoms with van der Waals surface area (Å²) in [6.07, 6.45) is -8.78. The van der Waals surface area contributed by atoms with Crippen molar-refractivity contribution in [3.63, 3.8) is 0 Å². The Kier molecular flexibility index (Phi) is 5.69. The molecule has 29 heavy (non-hydrogen) atoms. The highest BCUT2D eigenvalue weighted by Gasteiger charge is 2.31. The van der Waals surface area contributed by atoms with Gasteiger partial charge in [-0.2, -0.15) is 0 Å². The van der Waals surface area contributed by atoms with Crippen molar-refractivity contribution in [3.8, 4) is 5.75 Å².